The van der Waals surface area contributed by atoms with Gasteiger partial charge in [0, 0.05) is 45.0 Å². The molecule has 2 aromatic rings. The van der Waals surface area contributed by atoms with Gasteiger partial charge in [-0.05, 0) is 25.1 Å². The van der Waals surface area contributed by atoms with Gasteiger partial charge in [0.05, 0.1) is 17.9 Å². The van der Waals surface area contributed by atoms with Gasteiger partial charge in [0.25, 0.3) is 0 Å². The number of piperazine rings is 1. The van der Waals surface area contributed by atoms with Gasteiger partial charge in [-0.1, -0.05) is 0 Å². The molecule has 1 aliphatic rings. The molecule has 1 aliphatic heterocycles. The van der Waals surface area contributed by atoms with Crippen LogP contribution in [0.3, 0.4) is 0 Å². The van der Waals surface area contributed by atoms with Crippen molar-refractivity contribution in [1.82, 2.24) is 20.4 Å². The van der Waals surface area contributed by atoms with Crippen LogP contribution in [-0.4, -0.2) is 53.8 Å². The summed E-state index contributed by atoms with van der Waals surface area (Å²) in [7, 11) is 0. The van der Waals surface area contributed by atoms with Crippen molar-refractivity contribution in [3.8, 4) is 0 Å². The summed E-state index contributed by atoms with van der Waals surface area (Å²) < 4.78 is 27.3. The molecule has 3 rings (SSSR count). The Hall–Kier alpha value is -2.64. The Bertz CT molecular complexity index is 708. The van der Waals surface area contributed by atoms with Crippen molar-refractivity contribution >= 4 is 11.6 Å². The van der Waals surface area contributed by atoms with Gasteiger partial charge in [-0.2, -0.15) is 5.10 Å². The fourth-order valence-electron chi connectivity index (χ4n) is 2.85. The van der Waals surface area contributed by atoms with Crippen LogP contribution >= 0.6 is 0 Å². The number of hydrogen-bond acceptors (Lipinski definition) is 3. The van der Waals surface area contributed by atoms with Crippen LogP contribution in [-0.2, 0) is 6.54 Å². The molecule has 0 amide bonds. The average molecular weight is 348 g/mol. The molecule has 0 spiro atoms. The third-order valence-electron chi connectivity index (χ3n) is 4.12. The van der Waals surface area contributed by atoms with Gasteiger partial charge in [-0.3, -0.25) is 5.10 Å². The number of hydrogen-bond donors (Lipinski definition) is 2. The highest BCUT2D eigenvalue weighted by Gasteiger charge is 2.22. The van der Waals surface area contributed by atoms with Gasteiger partial charge in [0.15, 0.2) is 5.96 Å². The van der Waals surface area contributed by atoms with Crippen molar-refractivity contribution < 1.29 is 8.78 Å². The Morgan fingerprint density at radius 2 is 2.04 bits per heavy atom. The molecular weight excluding hydrogens is 326 g/mol. The van der Waals surface area contributed by atoms with E-state index in [9.17, 15) is 8.78 Å². The van der Waals surface area contributed by atoms with Crippen LogP contribution in [0.2, 0.25) is 0 Å². The highest BCUT2D eigenvalue weighted by molar-refractivity contribution is 5.80. The summed E-state index contributed by atoms with van der Waals surface area (Å²) >= 11 is 0. The monoisotopic (exact) mass is 348 g/mol. The third kappa shape index (κ3) is 4.26. The fourth-order valence-corrected chi connectivity index (χ4v) is 2.85. The van der Waals surface area contributed by atoms with E-state index < -0.39 is 11.6 Å². The van der Waals surface area contributed by atoms with Gasteiger partial charge >= 0.3 is 0 Å². The van der Waals surface area contributed by atoms with Crippen LogP contribution < -0.4 is 10.2 Å². The maximum Gasteiger partial charge on any atom is 0.194 e. The van der Waals surface area contributed by atoms with E-state index in [2.05, 4.69) is 25.4 Å². The lowest BCUT2D eigenvalue weighted by Gasteiger charge is -2.37. The average Bonchev–Trinajstić information content (AvgIpc) is 3.14. The van der Waals surface area contributed by atoms with Crippen LogP contribution in [0, 0.1) is 11.6 Å². The van der Waals surface area contributed by atoms with Crippen molar-refractivity contribution in [3.05, 3.63) is 47.8 Å². The van der Waals surface area contributed by atoms with E-state index in [1.807, 2.05) is 17.9 Å². The number of anilines is 1. The molecule has 25 heavy (non-hydrogen) atoms. The van der Waals surface area contributed by atoms with E-state index in [1.54, 1.807) is 6.20 Å². The minimum atomic E-state index is -0.423. The lowest BCUT2D eigenvalue weighted by molar-refractivity contribution is 0.370. The van der Waals surface area contributed by atoms with E-state index in [0.29, 0.717) is 38.4 Å². The predicted molar refractivity (Wildman–Crippen MR) is 93.5 cm³/mol. The molecule has 1 aromatic carbocycles. The Labute approximate surface area is 145 Å². The molecule has 0 saturated carbocycles. The largest absolute Gasteiger partial charge is 0.366 e. The van der Waals surface area contributed by atoms with Gasteiger partial charge in [-0.15, -0.1) is 0 Å². The van der Waals surface area contributed by atoms with Crippen molar-refractivity contribution in [2.75, 3.05) is 37.6 Å². The van der Waals surface area contributed by atoms with Crippen LogP contribution in [0.25, 0.3) is 0 Å². The second kappa shape index (κ2) is 7.96. The van der Waals surface area contributed by atoms with Crippen molar-refractivity contribution in [2.24, 2.45) is 4.99 Å². The molecule has 1 fully saturated rings. The van der Waals surface area contributed by atoms with Gasteiger partial charge in [0.2, 0.25) is 0 Å². The Morgan fingerprint density at radius 3 is 2.72 bits per heavy atom. The Morgan fingerprint density at radius 1 is 1.24 bits per heavy atom. The highest BCUT2D eigenvalue weighted by Crippen LogP contribution is 2.21. The van der Waals surface area contributed by atoms with Crippen LogP contribution in [0.5, 0.6) is 0 Å². The molecule has 1 saturated heterocycles. The molecule has 2 N–H and O–H groups in total. The van der Waals surface area contributed by atoms with E-state index in [1.165, 1.54) is 12.1 Å². The summed E-state index contributed by atoms with van der Waals surface area (Å²) in [5.41, 5.74) is 1.26. The number of nitrogens with one attached hydrogen (secondary N) is 2. The Kier molecular flexibility index (Phi) is 5.47. The summed E-state index contributed by atoms with van der Waals surface area (Å²) in [6, 6.07) is 5.45. The van der Waals surface area contributed by atoms with Crippen molar-refractivity contribution in [3.63, 3.8) is 0 Å². The quantitative estimate of drug-likeness (QED) is 0.655. The summed E-state index contributed by atoms with van der Waals surface area (Å²) in [6.45, 7) is 5.88. The van der Waals surface area contributed by atoms with Gasteiger partial charge < -0.3 is 15.1 Å². The number of aromatic amines is 1. The molecular formula is C17H22F2N6. The zero-order valence-electron chi connectivity index (χ0n) is 14.2. The zero-order valence-corrected chi connectivity index (χ0v) is 14.2. The molecule has 0 unspecified atom stereocenters. The summed E-state index contributed by atoms with van der Waals surface area (Å²) in [4.78, 5) is 8.62. The second-order valence-electron chi connectivity index (χ2n) is 5.82. The van der Waals surface area contributed by atoms with Gasteiger partial charge in [-0.25, -0.2) is 13.8 Å². The van der Waals surface area contributed by atoms with E-state index in [-0.39, 0.29) is 0 Å². The normalized spacial score (nSPS) is 15.6. The highest BCUT2D eigenvalue weighted by atomic mass is 19.1. The molecule has 2 heterocycles. The summed E-state index contributed by atoms with van der Waals surface area (Å²) in [5, 5.41) is 10.1. The first-order valence-corrected chi connectivity index (χ1v) is 8.39. The molecule has 8 heteroatoms. The third-order valence-corrected chi connectivity index (χ3v) is 4.12. The van der Waals surface area contributed by atoms with Crippen LogP contribution in [0.15, 0.2) is 35.5 Å². The van der Waals surface area contributed by atoms with Gasteiger partial charge in [0.1, 0.15) is 11.6 Å². The number of rotatable bonds is 4. The lowest BCUT2D eigenvalue weighted by Crippen LogP contribution is -2.52. The maximum absolute atomic E-state index is 13.9. The van der Waals surface area contributed by atoms with Crippen LogP contribution in [0.4, 0.5) is 14.5 Å². The minimum absolute atomic E-state index is 0.319. The molecule has 0 radical (unpaired) electrons. The molecule has 0 aliphatic carbocycles. The predicted octanol–water partition coefficient (Wildman–Crippen LogP) is 1.98. The van der Waals surface area contributed by atoms with E-state index in [0.717, 1.165) is 24.3 Å². The summed E-state index contributed by atoms with van der Waals surface area (Å²) in [6.07, 6.45) is 1.70. The van der Waals surface area contributed by atoms with E-state index in [4.69, 9.17) is 0 Å². The number of halogens is 2. The lowest BCUT2D eigenvalue weighted by atomic mass is 10.2. The molecule has 0 bridgehead atoms. The number of aliphatic imine (C=N–C) groups is 1. The topological polar surface area (TPSA) is 59.6 Å². The number of benzene rings is 1. The summed E-state index contributed by atoms with van der Waals surface area (Å²) in [5.74, 6) is -0.000536. The van der Waals surface area contributed by atoms with Crippen molar-refractivity contribution in [2.45, 2.75) is 13.5 Å². The van der Waals surface area contributed by atoms with E-state index >= 15 is 0 Å². The maximum atomic E-state index is 13.9. The first-order valence-electron chi connectivity index (χ1n) is 8.39. The molecule has 6 nitrogen and oxygen atoms in total. The number of nitrogens with zero attached hydrogens (tertiary/aromatic N) is 4. The first-order chi connectivity index (χ1) is 12.2. The van der Waals surface area contributed by atoms with Crippen LogP contribution in [0.1, 0.15) is 12.6 Å². The standard InChI is InChI=1S/C17H22F2N6/c1-2-20-17(21-12-14-5-6-22-23-14)25-9-7-24(8-10-25)16-11-13(18)3-4-15(16)19/h3-6,11H,2,7-10,12H2,1H3,(H,20,21)(H,22,23). The SMILES string of the molecule is CCNC(=NCc1ccn[nH]1)N1CCN(c2cc(F)ccc2F)CC1. The fraction of sp³-hybridized carbons (Fsp3) is 0.412. The molecule has 134 valence electrons. The first kappa shape index (κ1) is 17.2. The number of H-pyrrole nitrogens is 1. The minimum Gasteiger partial charge on any atom is -0.366 e. The molecule has 1 aromatic heterocycles. The Balaban J connectivity index is 1.64. The second-order valence-corrected chi connectivity index (χ2v) is 5.82. The number of aromatic nitrogens is 2. The smallest absolute Gasteiger partial charge is 0.194 e. The van der Waals surface area contributed by atoms with Crippen molar-refractivity contribution in [1.29, 1.82) is 0 Å². The zero-order chi connectivity index (χ0) is 17.6. The number of guanidine groups is 1. The molecule has 0 atom stereocenters.